The maximum atomic E-state index is 12.6. The normalized spacial score (nSPS) is 24.3. The summed E-state index contributed by atoms with van der Waals surface area (Å²) in [6, 6.07) is 5.89. The Kier molecular flexibility index (Phi) is 5.59. The van der Waals surface area contributed by atoms with Crippen LogP contribution in [0.3, 0.4) is 0 Å². The lowest BCUT2D eigenvalue weighted by atomic mass is 10.0. The van der Waals surface area contributed by atoms with Crippen molar-refractivity contribution in [3.63, 3.8) is 0 Å². The van der Waals surface area contributed by atoms with E-state index in [1.165, 1.54) is 24.3 Å². The van der Waals surface area contributed by atoms with Crippen molar-refractivity contribution in [3.05, 3.63) is 29.8 Å². The van der Waals surface area contributed by atoms with Gasteiger partial charge in [-0.2, -0.15) is 4.31 Å². The lowest BCUT2D eigenvalue weighted by molar-refractivity contribution is -0.122. The van der Waals surface area contributed by atoms with Gasteiger partial charge in [0.15, 0.2) is 0 Å². The molecule has 2 fully saturated rings. The predicted molar refractivity (Wildman–Crippen MR) is 95.9 cm³/mol. The maximum Gasteiger partial charge on any atom is 0.251 e. The minimum absolute atomic E-state index is 0.0720. The van der Waals surface area contributed by atoms with Gasteiger partial charge >= 0.3 is 0 Å². The third-order valence-electron chi connectivity index (χ3n) is 5.04. The third-order valence-corrected chi connectivity index (χ3v) is 6.90. The molecule has 2 aliphatic rings. The molecule has 2 atom stereocenters. The summed E-state index contributed by atoms with van der Waals surface area (Å²) in [6.45, 7) is 0.888. The summed E-state index contributed by atoms with van der Waals surface area (Å²) in [5, 5.41) is 5.59. The first-order chi connectivity index (χ1) is 12.4. The molecular weight excluding hydrogens is 356 g/mol. The number of nitrogens with one attached hydrogen (secondary N) is 2. The molecule has 1 aliphatic carbocycles. The molecule has 0 spiro atoms. The van der Waals surface area contributed by atoms with Crippen LogP contribution in [0.1, 0.15) is 29.6 Å². The van der Waals surface area contributed by atoms with Crippen LogP contribution in [0.4, 0.5) is 0 Å². The monoisotopic (exact) mass is 380 g/mol. The van der Waals surface area contributed by atoms with E-state index in [1.807, 2.05) is 0 Å². The molecule has 0 radical (unpaired) electrons. The highest BCUT2D eigenvalue weighted by Crippen LogP contribution is 2.25. The van der Waals surface area contributed by atoms with Crippen LogP contribution in [-0.2, 0) is 14.8 Å². The first kappa shape index (κ1) is 18.8. The van der Waals surface area contributed by atoms with Crippen LogP contribution in [0.2, 0.25) is 0 Å². The van der Waals surface area contributed by atoms with Crippen LogP contribution in [-0.4, -0.2) is 56.8 Å². The second kappa shape index (κ2) is 7.73. The van der Waals surface area contributed by atoms with E-state index in [0.29, 0.717) is 24.6 Å². The molecular formula is C17H24N4O4S. The van der Waals surface area contributed by atoms with Gasteiger partial charge in [0.05, 0.1) is 11.4 Å². The molecule has 1 aromatic carbocycles. The molecule has 1 saturated carbocycles. The number of sulfonamides is 1. The van der Waals surface area contributed by atoms with Crippen LogP contribution in [0, 0.1) is 5.92 Å². The van der Waals surface area contributed by atoms with Crippen molar-refractivity contribution in [3.8, 4) is 0 Å². The first-order valence-corrected chi connectivity index (χ1v) is 10.2. The summed E-state index contributed by atoms with van der Waals surface area (Å²) >= 11 is 0. The molecule has 142 valence electrons. The molecule has 26 heavy (non-hydrogen) atoms. The van der Waals surface area contributed by atoms with Crippen molar-refractivity contribution in [2.45, 2.75) is 30.2 Å². The molecule has 1 heterocycles. The number of rotatable bonds is 5. The van der Waals surface area contributed by atoms with Crippen molar-refractivity contribution >= 4 is 21.8 Å². The number of piperazine rings is 1. The molecule has 8 nitrogen and oxygen atoms in total. The zero-order valence-electron chi connectivity index (χ0n) is 14.5. The highest BCUT2D eigenvalue weighted by Gasteiger charge is 2.30. The van der Waals surface area contributed by atoms with Gasteiger partial charge < -0.3 is 16.4 Å². The van der Waals surface area contributed by atoms with Crippen molar-refractivity contribution in [2.24, 2.45) is 11.7 Å². The Balaban J connectivity index is 1.69. The Morgan fingerprint density at radius 3 is 2.65 bits per heavy atom. The topological polar surface area (TPSA) is 122 Å². The largest absolute Gasteiger partial charge is 0.354 e. The number of amides is 2. The lowest BCUT2D eigenvalue weighted by Gasteiger charge is -2.26. The van der Waals surface area contributed by atoms with Crippen LogP contribution in [0.25, 0.3) is 0 Å². The Bertz CT molecular complexity index is 778. The van der Waals surface area contributed by atoms with Crippen molar-refractivity contribution < 1.29 is 18.0 Å². The molecule has 0 bridgehead atoms. The average Bonchev–Trinajstić information content (AvgIpc) is 3.09. The molecule has 1 saturated heterocycles. The lowest BCUT2D eigenvalue weighted by Crippen LogP contribution is -2.49. The summed E-state index contributed by atoms with van der Waals surface area (Å²) in [7, 11) is -3.75. The van der Waals surface area contributed by atoms with Gasteiger partial charge in [-0.15, -0.1) is 0 Å². The summed E-state index contributed by atoms with van der Waals surface area (Å²) in [4.78, 5) is 23.9. The molecule has 1 aliphatic heterocycles. The molecule has 4 N–H and O–H groups in total. The summed E-state index contributed by atoms with van der Waals surface area (Å²) in [5.41, 5.74) is 6.14. The van der Waals surface area contributed by atoms with Crippen LogP contribution in [0.15, 0.2) is 29.2 Å². The molecule has 3 rings (SSSR count). The standard InChI is InChI=1S/C17H24N4O4S/c18-10-13-2-1-3-15(13)20-17(23)12-4-6-14(7-5-12)26(24,25)21-9-8-19-16(22)11-21/h4-7,13,15H,1-3,8-11,18H2,(H,19,22)(H,20,23). The minimum Gasteiger partial charge on any atom is -0.354 e. The summed E-state index contributed by atoms with van der Waals surface area (Å²) in [5.74, 6) is -0.248. The molecule has 0 aromatic heterocycles. The molecule has 2 unspecified atom stereocenters. The second-order valence-corrected chi connectivity index (χ2v) is 8.66. The van der Waals surface area contributed by atoms with Gasteiger partial charge in [-0.1, -0.05) is 6.42 Å². The van der Waals surface area contributed by atoms with Gasteiger partial charge in [-0.3, -0.25) is 9.59 Å². The van der Waals surface area contributed by atoms with E-state index in [4.69, 9.17) is 5.73 Å². The second-order valence-electron chi connectivity index (χ2n) is 6.72. The van der Waals surface area contributed by atoms with E-state index in [-0.39, 0.29) is 35.8 Å². The zero-order chi connectivity index (χ0) is 18.7. The predicted octanol–water partition coefficient (Wildman–Crippen LogP) is -0.336. The Labute approximate surface area is 153 Å². The highest BCUT2D eigenvalue weighted by molar-refractivity contribution is 7.89. The number of carbonyl (C=O) groups is 2. The average molecular weight is 380 g/mol. The summed E-state index contributed by atoms with van der Waals surface area (Å²) < 4.78 is 26.4. The van der Waals surface area contributed by atoms with Gasteiger partial charge in [0.25, 0.3) is 5.91 Å². The smallest absolute Gasteiger partial charge is 0.251 e. The van der Waals surface area contributed by atoms with E-state index < -0.39 is 10.0 Å². The van der Waals surface area contributed by atoms with Gasteiger partial charge in [0.1, 0.15) is 0 Å². The zero-order valence-corrected chi connectivity index (χ0v) is 15.3. The van der Waals surface area contributed by atoms with Gasteiger partial charge in [-0.25, -0.2) is 8.42 Å². The number of nitrogens with two attached hydrogens (primary N) is 1. The fraction of sp³-hybridized carbons (Fsp3) is 0.529. The van der Waals surface area contributed by atoms with Gasteiger partial charge in [0, 0.05) is 24.7 Å². The van der Waals surface area contributed by atoms with E-state index in [2.05, 4.69) is 10.6 Å². The quantitative estimate of drug-likeness (QED) is 0.645. The van der Waals surface area contributed by atoms with Crippen molar-refractivity contribution in [2.75, 3.05) is 26.2 Å². The van der Waals surface area contributed by atoms with Gasteiger partial charge in [-0.05, 0) is 49.6 Å². The first-order valence-electron chi connectivity index (χ1n) is 8.79. The molecule has 1 aromatic rings. The van der Waals surface area contributed by atoms with Crippen molar-refractivity contribution in [1.29, 1.82) is 0 Å². The van der Waals surface area contributed by atoms with Crippen LogP contribution >= 0.6 is 0 Å². The van der Waals surface area contributed by atoms with Crippen LogP contribution in [0.5, 0.6) is 0 Å². The Hall–Kier alpha value is -1.97. The fourth-order valence-electron chi connectivity index (χ4n) is 3.51. The summed E-state index contributed by atoms with van der Waals surface area (Å²) in [6.07, 6.45) is 2.98. The van der Waals surface area contributed by atoms with E-state index in [0.717, 1.165) is 23.6 Å². The number of carbonyl (C=O) groups excluding carboxylic acids is 2. The number of hydrogen-bond acceptors (Lipinski definition) is 5. The van der Waals surface area contributed by atoms with Gasteiger partial charge in [0.2, 0.25) is 15.9 Å². The van der Waals surface area contributed by atoms with E-state index in [1.54, 1.807) is 0 Å². The SMILES string of the molecule is NCC1CCCC1NC(=O)c1ccc(S(=O)(=O)N2CCNC(=O)C2)cc1. The minimum atomic E-state index is -3.75. The third kappa shape index (κ3) is 3.89. The number of benzene rings is 1. The molecule has 9 heteroatoms. The Morgan fingerprint density at radius 2 is 2.00 bits per heavy atom. The number of hydrogen-bond donors (Lipinski definition) is 3. The van der Waals surface area contributed by atoms with E-state index in [9.17, 15) is 18.0 Å². The fourth-order valence-corrected chi connectivity index (χ4v) is 4.91. The highest BCUT2D eigenvalue weighted by atomic mass is 32.2. The van der Waals surface area contributed by atoms with E-state index >= 15 is 0 Å². The van der Waals surface area contributed by atoms with Crippen LogP contribution < -0.4 is 16.4 Å². The molecule has 2 amide bonds. The Morgan fingerprint density at radius 1 is 1.27 bits per heavy atom. The van der Waals surface area contributed by atoms with Crippen molar-refractivity contribution in [1.82, 2.24) is 14.9 Å². The number of nitrogens with zero attached hydrogens (tertiary/aromatic N) is 1. The maximum absolute atomic E-state index is 12.6.